The number of benzene rings is 1. The minimum atomic E-state index is -0.912. The molecule has 4 N–H and O–H groups in total. The third-order valence-corrected chi connectivity index (χ3v) is 2.85. The van der Waals surface area contributed by atoms with E-state index in [1.165, 1.54) is 6.21 Å². The van der Waals surface area contributed by atoms with Crippen LogP contribution in [0.15, 0.2) is 29.4 Å². The van der Waals surface area contributed by atoms with E-state index in [0.717, 1.165) is 5.56 Å². The second kappa shape index (κ2) is 6.19. The Hall–Kier alpha value is -2.08. The molecular weight excluding hydrogens is 270 g/mol. The molecule has 0 aromatic heterocycles. The largest absolute Gasteiger partial charge is 0.481 e. The van der Waals surface area contributed by atoms with Crippen LogP contribution in [0.5, 0.6) is 0 Å². The number of rotatable bonds is 4. The van der Waals surface area contributed by atoms with Crippen LogP contribution in [0.2, 0.25) is 0 Å². The summed E-state index contributed by atoms with van der Waals surface area (Å²) in [5, 5.41) is 14.8. The van der Waals surface area contributed by atoms with Crippen LogP contribution in [0, 0.1) is 11.8 Å². The number of amides is 1. The average Bonchev–Trinajstić information content (AvgIpc) is 3.12. The first-order valence-corrected chi connectivity index (χ1v) is 5.49. The zero-order chi connectivity index (χ0) is 13.1. The molecule has 0 bridgehead atoms. The summed E-state index contributed by atoms with van der Waals surface area (Å²) in [5.41, 5.74) is 1.45. The zero-order valence-electron chi connectivity index (χ0n) is 9.95. The molecule has 1 aromatic rings. The molecule has 1 saturated carbocycles. The van der Waals surface area contributed by atoms with Gasteiger partial charge in [0.2, 0.25) is 5.91 Å². The number of nitrogens with one attached hydrogen (secondary N) is 1. The standard InChI is InChI=1S/C12H13N3O3.ClH/c13-14-6-7-1-3-8(4-2-7)15-11(16)9-5-10(9)12(17)18;/h1-4,6,9-10H,5,13H2,(H,15,16)(H,17,18);1H. The molecule has 0 radical (unpaired) electrons. The van der Waals surface area contributed by atoms with Gasteiger partial charge in [0.25, 0.3) is 0 Å². The van der Waals surface area contributed by atoms with Crippen LogP contribution < -0.4 is 11.2 Å². The first-order valence-electron chi connectivity index (χ1n) is 5.49. The lowest BCUT2D eigenvalue weighted by molar-refractivity contribution is -0.139. The molecular formula is C12H14ClN3O3. The second-order valence-corrected chi connectivity index (χ2v) is 4.18. The number of hydrogen-bond acceptors (Lipinski definition) is 4. The Balaban J connectivity index is 0.00000180. The topological polar surface area (TPSA) is 105 Å². The van der Waals surface area contributed by atoms with Gasteiger partial charge in [0.1, 0.15) is 0 Å². The van der Waals surface area contributed by atoms with E-state index in [9.17, 15) is 9.59 Å². The molecule has 1 aliphatic carbocycles. The van der Waals surface area contributed by atoms with Gasteiger partial charge in [0.05, 0.1) is 18.1 Å². The average molecular weight is 284 g/mol. The highest BCUT2D eigenvalue weighted by Gasteiger charge is 2.48. The van der Waals surface area contributed by atoms with Crippen molar-refractivity contribution < 1.29 is 14.7 Å². The lowest BCUT2D eigenvalue weighted by atomic mass is 10.2. The monoisotopic (exact) mass is 283 g/mol. The van der Waals surface area contributed by atoms with Crippen molar-refractivity contribution in [1.29, 1.82) is 0 Å². The van der Waals surface area contributed by atoms with Crippen molar-refractivity contribution in [1.82, 2.24) is 0 Å². The Morgan fingerprint density at radius 3 is 2.42 bits per heavy atom. The molecule has 2 atom stereocenters. The van der Waals surface area contributed by atoms with E-state index in [2.05, 4.69) is 10.4 Å². The summed E-state index contributed by atoms with van der Waals surface area (Å²) < 4.78 is 0. The maximum Gasteiger partial charge on any atom is 0.307 e. The number of nitrogens with zero attached hydrogens (tertiary/aromatic N) is 1. The van der Waals surface area contributed by atoms with Crippen LogP contribution in [0.25, 0.3) is 0 Å². The Morgan fingerprint density at radius 2 is 1.95 bits per heavy atom. The second-order valence-electron chi connectivity index (χ2n) is 4.18. The normalized spacial score (nSPS) is 20.6. The number of carbonyl (C=O) groups is 2. The predicted octanol–water partition coefficient (Wildman–Crippen LogP) is 1.06. The summed E-state index contributed by atoms with van der Waals surface area (Å²) in [4.78, 5) is 22.3. The Kier molecular flexibility index (Phi) is 4.88. The van der Waals surface area contributed by atoms with Crippen LogP contribution >= 0.6 is 12.4 Å². The molecule has 2 unspecified atom stereocenters. The first kappa shape index (κ1) is 15.0. The van der Waals surface area contributed by atoms with E-state index < -0.39 is 17.8 Å². The fourth-order valence-corrected chi connectivity index (χ4v) is 1.73. The zero-order valence-corrected chi connectivity index (χ0v) is 10.8. The van der Waals surface area contributed by atoms with Gasteiger partial charge in [0.15, 0.2) is 0 Å². The predicted molar refractivity (Wildman–Crippen MR) is 73.3 cm³/mol. The highest BCUT2D eigenvalue weighted by atomic mass is 35.5. The Morgan fingerprint density at radius 1 is 1.32 bits per heavy atom. The summed E-state index contributed by atoms with van der Waals surface area (Å²) in [6.45, 7) is 0. The molecule has 1 aliphatic rings. The number of carbonyl (C=O) groups excluding carboxylic acids is 1. The van der Waals surface area contributed by atoms with Gasteiger partial charge in [0, 0.05) is 5.69 Å². The van der Waals surface area contributed by atoms with E-state index in [-0.39, 0.29) is 18.3 Å². The number of nitrogens with two attached hydrogens (primary N) is 1. The number of hydrazone groups is 1. The Labute approximate surface area is 116 Å². The van der Waals surface area contributed by atoms with Crippen LogP contribution in [0.3, 0.4) is 0 Å². The van der Waals surface area contributed by atoms with Crippen molar-refractivity contribution >= 4 is 36.2 Å². The van der Waals surface area contributed by atoms with Gasteiger partial charge in [-0.3, -0.25) is 9.59 Å². The van der Waals surface area contributed by atoms with E-state index in [1.54, 1.807) is 24.3 Å². The van der Waals surface area contributed by atoms with Gasteiger partial charge in [-0.15, -0.1) is 12.4 Å². The van der Waals surface area contributed by atoms with Crippen LogP contribution in [-0.4, -0.2) is 23.2 Å². The van der Waals surface area contributed by atoms with Gasteiger partial charge in [-0.05, 0) is 24.1 Å². The summed E-state index contributed by atoms with van der Waals surface area (Å²) in [6.07, 6.45) is 1.91. The van der Waals surface area contributed by atoms with E-state index >= 15 is 0 Å². The molecule has 7 heteroatoms. The van der Waals surface area contributed by atoms with Crippen molar-refractivity contribution in [2.24, 2.45) is 22.8 Å². The molecule has 0 aliphatic heterocycles. The number of hydrogen-bond donors (Lipinski definition) is 3. The van der Waals surface area contributed by atoms with Crippen LogP contribution in [-0.2, 0) is 9.59 Å². The third-order valence-electron chi connectivity index (χ3n) is 2.85. The maximum absolute atomic E-state index is 11.7. The molecule has 0 heterocycles. The fraction of sp³-hybridized carbons (Fsp3) is 0.250. The number of carboxylic acids is 1. The number of carboxylic acid groups (broad SMARTS) is 1. The van der Waals surface area contributed by atoms with Crippen molar-refractivity contribution in [3.05, 3.63) is 29.8 Å². The first-order chi connectivity index (χ1) is 8.61. The van der Waals surface area contributed by atoms with Gasteiger partial charge >= 0.3 is 5.97 Å². The minimum Gasteiger partial charge on any atom is -0.481 e. The quantitative estimate of drug-likeness (QED) is 0.436. The molecule has 1 fully saturated rings. The number of anilines is 1. The van der Waals surface area contributed by atoms with Gasteiger partial charge in [-0.25, -0.2) is 0 Å². The fourth-order valence-electron chi connectivity index (χ4n) is 1.73. The molecule has 0 spiro atoms. The van der Waals surface area contributed by atoms with E-state index in [4.69, 9.17) is 10.9 Å². The van der Waals surface area contributed by atoms with Crippen molar-refractivity contribution in [3.63, 3.8) is 0 Å². The van der Waals surface area contributed by atoms with E-state index in [1.807, 2.05) is 0 Å². The van der Waals surface area contributed by atoms with Gasteiger partial charge < -0.3 is 16.3 Å². The molecule has 0 saturated heterocycles. The lowest BCUT2D eigenvalue weighted by Crippen LogP contribution is -2.16. The van der Waals surface area contributed by atoms with Crippen molar-refractivity contribution in [2.45, 2.75) is 6.42 Å². The molecule has 2 rings (SSSR count). The number of aliphatic carboxylic acids is 1. The summed E-state index contributed by atoms with van der Waals surface area (Å²) in [5.74, 6) is 2.91. The summed E-state index contributed by atoms with van der Waals surface area (Å²) >= 11 is 0. The Bertz CT molecular complexity index is 501. The lowest BCUT2D eigenvalue weighted by Gasteiger charge is -2.04. The highest BCUT2D eigenvalue weighted by Crippen LogP contribution is 2.39. The summed E-state index contributed by atoms with van der Waals surface area (Å²) in [7, 11) is 0. The molecule has 102 valence electrons. The SMILES string of the molecule is Cl.NN=Cc1ccc(NC(=O)C2CC2C(=O)O)cc1. The van der Waals surface area contributed by atoms with Crippen LogP contribution in [0.4, 0.5) is 5.69 Å². The maximum atomic E-state index is 11.7. The number of halogens is 1. The van der Waals surface area contributed by atoms with Crippen LogP contribution in [0.1, 0.15) is 12.0 Å². The minimum absolute atomic E-state index is 0. The highest BCUT2D eigenvalue weighted by molar-refractivity contribution is 5.98. The summed E-state index contributed by atoms with van der Waals surface area (Å²) in [6, 6.07) is 6.95. The molecule has 1 amide bonds. The van der Waals surface area contributed by atoms with Gasteiger partial charge in [-0.1, -0.05) is 12.1 Å². The van der Waals surface area contributed by atoms with Crippen molar-refractivity contribution in [2.75, 3.05) is 5.32 Å². The van der Waals surface area contributed by atoms with E-state index in [0.29, 0.717) is 12.1 Å². The molecule has 19 heavy (non-hydrogen) atoms. The third kappa shape index (κ3) is 3.69. The molecule has 1 aromatic carbocycles. The van der Waals surface area contributed by atoms with Gasteiger partial charge in [-0.2, -0.15) is 5.10 Å². The van der Waals surface area contributed by atoms with Crippen molar-refractivity contribution in [3.8, 4) is 0 Å². The smallest absolute Gasteiger partial charge is 0.307 e. The molecule has 6 nitrogen and oxygen atoms in total.